The highest BCUT2D eigenvalue weighted by atomic mass is 16.3. The first-order chi connectivity index (χ1) is 23.4. The first-order valence-electron chi connectivity index (χ1n) is 17.0. The minimum Gasteiger partial charge on any atom is -0.456 e. The summed E-state index contributed by atoms with van der Waals surface area (Å²) in [4.78, 5) is 2.46. The molecule has 0 bridgehead atoms. The van der Waals surface area contributed by atoms with Gasteiger partial charge < -0.3 is 9.32 Å². The minimum absolute atomic E-state index is 0.131. The Morgan fingerprint density at radius 2 is 1.25 bits per heavy atom. The maximum atomic E-state index is 6.28. The van der Waals surface area contributed by atoms with Crippen LogP contribution in [0.3, 0.4) is 0 Å². The fourth-order valence-electron chi connectivity index (χ4n) is 8.06. The van der Waals surface area contributed by atoms with Gasteiger partial charge in [-0.05, 0) is 92.5 Å². The second-order valence-electron chi connectivity index (χ2n) is 13.9. The van der Waals surface area contributed by atoms with Gasteiger partial charge in [-0.1, -0.05) is 131 Å². The van der Waals surface area contributed by atoms with Gasteiger partial charge in [0.25, 0.3) is 0 Å². The summed E-state index contributed by atoms with van der Waals surface area (Å²) in [6.45, 7) is 9.37. The van der Waals surface area contributed by atoms with Gasteiger partial charge >= 0.3 is 0 Å². The van der Waals surface area contributed by atoms with E-state index < -0.39 is 0 Å². The number of hydrogen-bond acceptors (Lipinski definition) is 2. The second-order valence-corrected chi connectivity index (χ2v) is 13.9. The zero-order valence-corrected chi connectivity index (χ0v) is 27.8. The van der Waals surface area contributed by atoms with Crippen LogP contribution in [0, 0.1) is 0 Å². The third kappa shape index (κ3) is 4.26. The van der Waals surface area contributed by atoms with Gasteiger partial charge in [-0.2, -0.15) is 0 Å². The topological polar surface area (TPSA) is 16.4 Å². The average Bonchev–Trinajstić information content (AvgIpc) is 3.60. The number of nitrogens with zero attached hydrogens (tertiary/aromatic N) is 1. The lowest BCUT2D eigenvalue weighted by atomic mass is 9.81. The molecule has 0 fully saturated rings. The summed E-state index contributed by atoms with van der Waals surface area (Å²) < 4.78 is 6.28. The van der Waals surface area contributed by atoms with E-state index in [2.05, 4.69) is 172 Å². The van der Waals surface area contributed by atoms with Crippen LogP contribution < -0.4 is 4.90 Å². The molecule has 232 valence electrons. The predicted octanol–water partition coefficient (Wildman–Crippen LogP) is 13.3. The van der Waals surface area contributed by atoms with Crippen LogP contribution in [0.2, 0.25) is 0 Å². The van der Waals surface area contributed by atoms with Crippen molar-refractivity contribution in [1.29, 1.82) is 0 Å². The molecule has 9 rings (SSSR count). The summed E-state index contributed by atoms with van der Waals surface area (Å²) in [5.74, 6) is 0.445. The van der Waals surface area contributed by atoms with Crippen molar-refractivity contribution in [2.24, 2.45) is 0 Å². The van der Waals surface area contributed by atoms with Crippen LogP contribution in [0.15, 0.2) is 150 Å². The molecule has 0 radical (unpaired) electrons. The molecule has 7 aromatic carbocycles. The second kappa shape index (κ2) is 10.7. The van der Waals surface area contributed by atoms with Crippen LogP contribution in [0.1, 0.15) is 50.3 Å². The molecule has 0 saturated heterocycles. The Labute approximate surface area is 281 Å². The minimum atomic E-state index is -0.131. The molecule has 1 aliphatic carbocycles. The lowest BCUT2D eigenvalue weighted by Crippen LogP contribution is -2.17. The normalized spacial score (nSPS) is 13.4. The maximum Gasteiger partial charge on any atom is 0.135 e. The van der Waals surface area contributed by atoms with Gasteiger partial charge in [-0.25, -0.2) is 0 Å². The lowest BCUT2D eigenvalue weighted by Gasteiger charge is -2.30. The molecule has 1 aromatic heterocycles. The van der Waals surface area contributed by atoms with Crippen molar-refractivity contribution in [2.75, 3.05) is 4.90 Å². The Bertz CT molecular complexity index is 2520. The van der Waals surface area contributed by atoms with Crippen LogP contribution in [0.5, 0.6) is 0 Å². The van der Waals surface area contributed by atoms with Crippen molar-refractivity contribution in [3.05, 3.63) is 162 Å². The largest absolute Gasteiger partial charge is 0.456 e. The molecule has 2 heteroatoms. The third-order valence-corrected chi connectivity index (χ3v) is 10.4. The lowest BCUT2D eigenvalue weighted by molar-refractivity contribution is 0.659. The molecule has 1 heterocycles. The molecular formula is C46H37NO. The van der Waals surface area contributed by atoms with Crippen LogP contribution in [0.25, 0.3) is 55.0 Å². The SMILES string of the molecule is CC(C)c1cccc2c1-c1ccc(N(c3ccc4oc5ccccc5c4c3)c3ccc4ccccc4c3-c3ccccc3)cc1C2(C)C. The Morgan fingerprint density at radius 1 is 0.542 bits per heavy atom. The summed E-state index contributed by atoms with van der Waals surface area (Å²) in [7, 11) is 0. The van der Waals surface area contributed by atoms with Crippen molar-refractivity contribution < 1.29 is 4.42 Å². The molecule has 48 heavy (non-hydrogen) atoms. The summed E-state index contributed by atoms with van der Waals surface area (Å²) >= 11 is 0. The Kier molecular flexibility index (Phi) is 6.39. The maximum absolute atomic E-state index is 6.28. The number of furan rings is 1. The van der Waals surface area contributed by atoms with E-state index in [9.17, 15) is 0 Å². The number of fused-ring (bicyclic) bond motifs is 7. The summed E-state index contributed by atoms with van der Waals surface area (Å²) in [5.41, 5.74) is 14.4. The highest BCUT2D eigenvalue weighted by Gasteiger charge is 2.37. The summed E-state index contributed by atoms with van der Waals surface area (Å²) in [6.07, 6.45) is 0. The van der Waals surface area contributed by atoms with Gasteiger partial charge in [-0.3, -0.25) is 0 Å². The average molecular weight is 620 g/mol. The number of anilines is 3. The van der Waals surface area contributed by atoms with E-state index in [4.69, 9.17) is 4.42 Å². The number of rotatable bonds is 5. The van der Waals surface area contributed by atoms with Crippen LogP contribution in [-0.4, -0.2) is 0 Å². The Hall–Kier alpha value is -5.60. The van der Waals surface area contributed by atoms with E-state index in [0.29, 0.717) is 5.92 Å². The van der Waals surface area contributed by atoms with E-state index >= 15 is 0 Å². The number of para-hydroxylation sites is 1. The zero-order chi connectivity index (χ0) is 32.6. The van der Waals surface area contributed by atoms with Crippen molar-refractivity contribution in [3.8, 4) is 22.3 Å². The van der Waals surface area contributed by atoms with Crippen molar-refractivity contribution in [1.82, 2.24) is 0 Å². The molecule has 0 unspecified atom stereocenters. The molecule has 0 N–H and O–H groups in total. The van der Waals surface area contributed by atoms with Gasteiger partial charge in [0.05, 0.1) is 5.69 Å². The van der Waals surface area contributed by atoms with Crippen LogP contribution in [0.4, 0.5) is 17.1 Å². The van der Waals surface area contributed by atoms with Crippen molar-refractivity contribution in [3.63, 3.8) is 0 Å². The monoisotopic (exact) mass is 619 g/mol. The first kappa shape index (κ1) is 28.6. The van der Waals surface area contributed by atoms with E-state index in [1.165, 1.54) is 49.7 Å². The predicted molar refractivity (Wildman–Crippen MR) is 203 cm³/mol. The smallest absolute Gasteiger partial charge is 0.135 e. The number of hydrogen-bond donors (Lipinski definition) is 0. The van der Waals surface area contributed by atoms with Gasteiger partial charge in [0, 0.05) is 33.1 Å². The van der Waals surface area contributed by atoms with E-state index in [-0.39, 0.29) is 5.41 Å². The number of benzene rings is 7. The van der Waals surface area contributed by atoms with Gasteiger partial charge in [0.1, 0.15) is 11.2 Å². The third-order valence-electron chi connectivity index (χ3n) is 10.4. The first-order valence-corrected chi connectivity index (χ1v) is 17.0. The van der Waals surface area contributed by atoms with Gasteiger partial charge in [-0.15, -0.1) is 0 Å². The molecule has 2 nitrogen and oxygen atoms in total. The summed E-state index contributed by atoms with van der Waals surface area (Å²) in [6, 6.07) is 53.1. The Balaban J connectivity index is 1.34. The van der Waals surface area contributed by atoms with Crippen LogP contribution in [-0.2, 0) is 5.41 Å². The van der Waals surface area contributed by atoms with E-state index in [0.717, 1.165) is 39.0 Å². The van der Waals surface area contributed by atoms with Gasteiger partial charge in [0.15, 0.2) is 0 Å². The van der Waals surface area contributed by atoms with Crippen molar-refractivity contribution >= 4 is 49.8 Å². The quantitative estimate of drug-likeness (QED) is 0.191. The fraction of sp³-hybridized carbons (Fsp3) is 0.130. The van der Waals surface area contributed by atoms with E-state index in [1.807, 2.05) is 6.07 Å². The molecule has 8 aromatic rings. The van der Waals surface area contributed by atoms with Crippen LogP contribution >= 0.6 is 0 Å². The van der Waals surface area contributed by atoms with Gasteiger partial charge in [0.2, 0.25) is 0 Å². The molecule has 0 aliphatic heterocycles. The highest BCUT2D eigenvalue weighted by molar-refractivity contribution is 6.09. The molecule has 0 saturated carbocycles. The molecular weight excluding hydrogens is 583 g/mol. The molecule has 0 amide bonds. The zero-order valence-electron chi connectivity index (χ0n) is 27.8. The van der Waals surface area contributed by atoms with E-state index in [1.54, 1.807) is 0 Å². The fourth-order valence-corrected chi connectivity index (χ4v) is 8.06. The molecule has 0 spiro atoms. The highest BCUT2D eigenvalue weighted by Crippen LogP contribution is 2.54. The van der Waals surface area contributed by atoms with Crippen molar-refractivity contribution in [2.45, 2.75) is 39.0 Å². The molecule has 1 aliphatic rings. The Morgan fingerprint density at radius 3 is 2.08 bits per heavy atom. The molecule has 0 atom stereocenters. The summed E-state index contributed by atoms with van der Waals surface area (Å²) in [5, 5.41) is 4.70. The standard InChI is InChI=1S/C46H37NO/c1-29(2)34-18-12-19-39-45(34)37-24-22-33(28-40(37)46(39,3)4)47(32-23-26-43-38(27-32)36-17-10-11-20-42(36)48-43)41-25-21-30-13-8-9-16-35(30)44(41)31-14-6-5-7-15-31/h5-29H,1-4H3.